The molecule has 134 valence electrons. The Labute approximate surface area is 176 Å². The number of methoxy groups -OCH3 is 1. The smallest absolute Gasteiger partial charge is 1.00 e. The SMILES string of the molecule is CO[C]1([Zr+2]([C]2=CC=CC2)=[C](C)C)C=CC=C2C1=Cc1ccccc12.[Cl-].[Cl-]. The molecule has 1 unspecified atom stereocenters. The maximum absolute atomic E-state index is 6.36. The van der Waals surface area contributed by atoms with Gasteiger partial charge in [-0.3, -0.25) is 0 Å². The fourth-order valence-corrected chi connectivity index (χ4v) is 12.5. The van der Waals surface area contributed by atoms with E-state index in [0.29, 0.717) is 0 Å². The second kappa shape index (κ2) is 8.49. The zero-order chi connectivity index (χ0) is 16.7. The molecular formula is C22H22Cl2OZr. The Bertz CT molecular complexity index is 898. The van der Waals surface area contributed by atoms with Gasteiger partial charge in [0.2, 0.25) is 0 Å². The number of benzene rings is 1. The molecule has 0 radical (unpaired) electrons. The second-order valence-electron chi connectivity index (χ2n) is 6.72. The van der Waals surface area contributed by atoms with E-state index in [1.165, 1.54) is 22.3 Å². The van der Waals surface area contributed by atoms with Gasteiger partial charge in [-0.15, -0.1) is 0 Å². The van der Waals surface area contributed by atoms with Gasteiger partial charge in [-0.1, -0.05) is 0 Å². The van der Waals surface area contributed by atoms with Gasteiger partial charge in [0.15, 0.2) is 0 Å². The van der Waals surface area contributed by atoms with E-state index in [0.717, 1.165) is 6.42 Å². The Balaban J connectivity index is 0.00000121. The number of hydrogen-bond acceptors (Lipinski definition) is 1. The summed E-state index contributed by atoms with van der Waals surface area (Å²) in [6.07, 6.45) is 17.1. The van der Waals surface area contributed by atoms with E-state index in [-0.39, 0.29) is 28.1 Å². The van der Waals surface area contributed by atoms with E-state index >= 15 is 0 Å². The van der Waals surface area contributed by atoms with E-state index < -0.39 is 21.3 Å². The van der Waals surface area contributed by atoms with Gasteiger partial charge in [0.1, 0.15) is 0 Å². The molecular weight excluding hydrogens is 442 g/mol. The van der Waals surface area contributed by atoms with Crippen LogP contribution in [0.3, 0.4) is 0 Å². The summed E-state index contributed by atoms with van der Waals surface area (Å²) in [5, 5.41) is 0. The minimum absolute atomic E-state index is 0. The van der Waals surface area contributed by atoms with E-state index in [9.17, 15) is 0 Å². The molecule has 1 atom stereocenters. The van der Waals surface area contributed by atoms with Crippen molar-refractivity contribution in [3.05, 3.63) is 80.7 Å². The van der Waals surface area contributed by atoms with Gasteiger partial charge < -0.3 is 24.8 Å². The van der Waals surface area contributed by atoms with Crippen LogP contribution >= 0.6 is 0 Å². The van der Waals surface area contributed by atoms with Crippen LogP contribution in [0.5, 0.6) is 0 Å². The third-order valence-corrected chi connectivity index (χ3v) is 13.5. The van der Waals surface area contributed by atoms with Crippen LogP contribution in [0.15, 0.2) is 69.6 Å². The molecule has 0 saturated heterocycles. The van der Waals surface area contributed by atoms with Crippen molar-refractivity contribution in [1.82, 2.24) is 0 Å². The molecule has 0 aromatic heterocycles. The summed E-state index contributed by atoms with van der Waals surface area (Å²) in [5.74, 6) is 0. The molecule has 0 aliphatic heterocycles. The molecule has 0 heterocycles. The maximum Gasteiger partial charge on any atom is -1.00 e. The first-order valence-electron chi connectivity index (χ1n) is 8.48. The number of hydrogen-bond donors (Lipinski definition) is 0. The molecule has 0 amide bonds. The molecule has 0 spiro atoms. The number of ether oxygens (including phenoxy) is 1. The number of rotatable bonds is 3. The summed E-state index contributed by atoms with van der Waals surface area (Å²) in [7, 11) is 1.89. The summed E-state index contributed by atoms with van der Waals surface area (Å²) in [6, 6.07) is 8.69. The van der Waals surface area contributed by atoms with Crippen LogP contribution in [0.2, 0.25) is 0 Å². The number of fused-ring (bicyclic) bond motifs is 3. The molecule has 1 nitrogen and oxygen atoms in total. The maximum atomic E-state index is 6.36. The van der Waals surface area contributed by atoms with Crippen LogP contribution in [0, 0.1) is 0 Å². The minimum atomic E-state index is -2.21. The van der Waals surface area contributed by atoms with Crippen LogP contribution in [-0.2, 0) is 26.0 Å². The van der Waals surface area contributed by atoms with Gasteiger partial charge in [0.25, 0.3) is 0 Å². The van der Waals surface area contributed by atoms with Gasteiger partial charge in [0, 0.05) is 0 Å². The van der Waals surface area contributed by atoms with Crippen molar-refractivity contribution < 1.29 is 50.8 Å². The summed E-state index contributed by atoms with van der Waals surface area (Å²) in [5.41, 5.74) is 5.38. The van der Waals surface area contributed by atoms with Crippen LogP contribution in [0.4, 0.5) is 0 Å². The van der Waals surface area contributed by atoms with Crippen LogP contribution in [-0.4, -0.2) is 13.6 Å². The summed E-state index contributed by atoms with van der Waals surface area (Å²) in [4.78, 5) is 0. The topological polar surface area (TPSA) is 9.23 Å². The Morgan fingerprint density at radius 3 is 2.50 bits per heavy atom. The molecule has 3 aliphatic carbocycles. The standard InChI is InChI=1S/C14H11O.C5H5.C3H6.2ClH.Zr/c1-15-14-8-4-7-12-11-6-3-2-5-10(11)9-13(12)14;1-2-4-5-3-1;1-3-2;;;/h2-9H,1H3;1-3H,4H2;1-2H3;2*1H;/q;;;;;+2/p-2. The first kappa shape index (κ1) is 21.5. The Hall–Kier alpha value is -0.787. The third-order valence-electron chi connectivity index (χ3n) is 5.12. The average molecular weight is 465 g/mol. The predicted molar refractivity (Wildman–Crippen MR) is 99.5 cm³/mol. The van der Waals surface area contributed by atoms with Gasteiger partial charge in [-0.2, -0.15) is 0 Å². The molecule has 0 fully saturated rings. The monoisotopic (exact) mass is 462 g/mol. The molecule has 3 aliphatic rings. The van der Waals surface area contributed by atoms with Crippen LogP contribution in [0.25, 0.3) is 11.6 Å². The van der Waals surface area contributed by atoms with Crippen molar-refractivity contribution in [3.8, 4) is 0 Å². The van der Waals surface area contributed by atoms with E-state index in [2.05, 4.69) is 80.6 Å². The largest absolute Gasteiger partial charge is 1.00 e. The van der Waals surface area contributed by atoms with Crippen molar-refractivity contribution in [2.24, 2.45) is 0 Å². The minimum Gasteiger partial charge on any atom is -1.00 e. The fraction of sp³-hybridized carbons (Fsp3) is 0.227. The summed E-state index contributed by atoms with van der Waals surface area (Å²) in [6.45, 7) is 4.62. The Morgan fingerprint density at radius 1 is 1.08 bits per heavy atom. The van der Waals surface area contributed by atoms with Gasteiger partial charge in [0.05, 0.1) is 0 Å². The molecule has 26 heavy (non-hydrogen) atoms. The van der Waals surface area contributed by atoms with E-state index in [4.69, 9.17) is 4.74 Å². The van der Waals surface area contributed by atoms with E-state index in [1.54, 1.807) is 6.49 Å². The summed E-state index contributed by atoms with van der Waals surface area (Å²) < 4.78 is 9.34. The van der Waals surface area contributed by atoms with Crippen molar-refractivity contribution in [2.75, 3.05) is 7.11 Å². The third kappa shape index (κ3) is 3.27. The van der Waals surface area contributed by atoms with Gasteiger partial charge >= 0.3 is 152 Å². The molecule has 0 bridgehead atoms. The number of halogens is 2. The van der Waals surface area contributed by atoms with E-state index in [1.807, 2.05) is 7.11 Å². The van der Waals surface area contributed by atoms with Crippen molar-refractivity contribution >= 4 is 14.9 Å². The quantitative estimate of drug-likeness (QED) is 0.562. The number of allylic oxidation sites excluding steroid dienone is 6. The van der Waals surface area contributed by atoms with Gasteiger partial charge in [-0.25, -0.2) is 0 Å². The molecule has 1 aromatic rings. The zero-order valence-electron chi connectivity index (χ0n) is 15.2. The second-order valence-corrected chi connectivity index (χ2v) is 14.4. The molecule has 4 heteroatoms. The van der Waals surface area contributed by atoms with Crippen molar-refractivity contribution in [1.29, 1.82) is 0 Å². The zero-order valence-corrected chi connectivity index (χ0v) is 19.2. The van der Waals surface area contributed by atoms with Crippen molar-refractivity contribution in [2.45, 2.75) is 23.6 Å². The molecule has 4 rings (SSSR count). The summed E-state index contributed by atoms with van der Waals surface area (Å²) >= 11 is -2.21. The fourth-order valence-electron chi connectivity index (χ4n) is 4.16. The first-order valence-corrected chi connectivity index (χ1v) is 12.2. The van der Waals surface area contributed by atoms with Crippen molar-refractivity contribution in [3.63, 3.8) is 0 Å². The Morgan fingerprint density at radius 2 is 1.85 bits per heavy atom. The predicted octanol–water partition coefficient (Wildman–Crippen LogP) is -0.938. The first-order chi connectivity index (χ1) is 11.7. The normalized spacial score (nSPS) is 21.2. The average Bonchev–Trinajstić information content (AvgIpc) is 3.23. The molecule has 1 aromatic carbocycles. The molecule has 0 saturated carbocycles. The van der Waals surface area contributed by atoms with Crippen LogP contribution in [0.1, 0.15) is 31.4 Å². The van der Waals surface area contributed by atoms with Crippen LogP contribution < -0.4 is 24.8 Å². The Kier molecular flexibility index (Phi) is 7.02. The molecule has 0 N–H and O–H groups in total. The van der Waals surface area contributed by atoms with Gasteiger partial charge in [-0.05, 0) is 0 Å².